The van der Waals surface area contributed by atoms with Gasteiger partial charge in [0.15, 0.2) is 0 Å². The summed E-state index contributed by atoms with van der Waals surface area (Å²) in [6.45, 7) is 21.6. The summed E-state index contributed by atoms with van der Waals surface area (Å²) >= 11 is 0. The molecule has 5 nitrogen and oxygen atoms in total. The first-order valence-corrected chi connectivity index (χ1v) is 18.6. The molecule has 5 saturated carbocycles. The lowest BCUT2D eigenvalue weighted by atomic mass is 9.32. The molecule has 0 spiro atoms. The number of amides is 1. The molecule has 1 aliphatic heterocycles. The second-order valence-electron chi connectivity index (χ2n) is 18.2. The Labute approximate surface area is 268 Å². The van der Waals surface area contributed by atoms with Crippen molar-refractivity contribution in [3.8, 4) is 0 Å². The second-order valence-corrected chi connectivity index (χ2v) is 18.2. The molecule has 0 radical (unpaired) electrons. The minimum absolute atomic E-state index is 0.0678. The fourth-order valence-electron chi connectivity index (χ4n) is 13.8. The number of nitrogens with one attached hydrogen (secondary N) is 2. The average molecular weight is 609 g/mol. The van der Waals surface area contributed by atoms with Crippen molar-refractivity contribution < 1.29 is 14.7 Å². The zero-order chi connectivity index (χ0) is 31.7. The third kappa shape index (κ3) is 4.78. The van der Waals surface area contributed by atoms with E-state index in [0.717, 1.165) is 57.5 Å². The second kappa shape index (κ2) is 11.4. The lowest BCUT2D eigenvalue weighted by molar-refractivity contribution is -0.240. The first-order chi connectivity index (χ1) is 20.7. The van der Waals surface area contributed by atoms with Crippen LogP contribution in [-0.4, -0.2) is 36.1 Å². The quantitative estimate of drug-likeness (QED) is 0.254. The van der Waals surface area contributed by atoms with Gasteiger partial charge in [-0.15, -0.1) is 0 Å². The molecule has 6 rings (SSSR count). The Kier molecular flexibility index (Phi) is 8.45. The zero-order valence-electron chi connectivity index (χ0n) is 29.0. The number of hydrogen-bond acceptors (Lipinski definition) is 3. The molecule has 248 valence electrons. The number of carbonyl (C=O) groups excluding carboxylic acids is 1. The number of fused-ring (bicyclic) bond motifs is 7. The smallest absolute Gasteiger partial charge is 0.309 e. The van der Waals surface area contributed by atoms with E-state index in [2.05, 4.69) is 58.8 Å². The van der Waals surface area contributed by atoms with Gasteiger partial charge in [-0.1, -0.05) is 46.8 Å². The van der Waals surface area contributed by atoms with Gasteiger partial charge in [0.1, 0.15) is 0 Å². The third-order valence-corrected chi connectivity index (χ3v) is 16.3. The molecular weight excluding hydrogens is 544 g/mol. The van der Waals surface area contributed by atoms with E-state index < -0.39 is 11.4 Å². The molecule has 1 amide bonds. The molecule has 1 saturated heterocycles. The molecule has 0 aromatic rings. The summed E-state index contributed by atoms with van der Waals surface area (Å²) in [4.78, 5) is 26.2. The van der Waals surface area contributed by atoms with Crippen LogP contribution in [0.4, 0.5) is 0 Å². The monoisotopic (exact) mass is 608 g/mol. The van der Waals surface area contributed by atoms with Crippen LogP contribution >= 0.6 is 0 Å². The maximum atomic E-state index is 13.2. The third-order valence-electron chi connectivity index (χ3n) is 16.3. The van der Waals surface area contributed by atoms with Gasteiger partial charge < -0.3 is 15.7 Å². The minimum Gasteiger partial charge on any atom is -0.481 e. The number of hydrogen-bond donors (Lipinski definition) is 3. The number of carboxylic acid groups (broad SMARTS) is 1. The van der Waals surface area contributed by atoms with E-state index in [0.29, 0.717) is 30.1 Å². The molecule has 10 atom stereocenters. The molecule has 0 bridgehead atoms. The van der Waals surface area contributed by atoms with Gasteiger partial charge in [-0.05, 0) is 167 Å². The fourth-order valence-corrected chi connectivity index (χ4v) is 13.8. The molecule has 5 aliphatic carbocycles. The van der Waals surface area contributed by atoms with Crippen molar-refractivity contribution in [2.75, 3.05) is 13.1 Å². The first-order valence-electron chi connectivity index (χ1n) is 18.6. The normalized spacial score (nSPS) is 46.6. The maximum absolute atomic E-state index is 13.2. The molecule has 1 heterocycles. The van der Waals surface area contributed by atoms with Crippen molar-refractivity contribution in [2.24, 2.45) is 62.6 Å². The van der Waals surface area contributed by atoms with E-state index in [4.69, 9.17) is 0 Å². The van der Waals surface area contributed by atoms with E-state index in [1.54, 1.807) is 0 Å². The summed E-state index contributed by atoms with van der Waals surface area (Å²) < 4.78 is 0. The highest BCUT2D eigenvalue weighted by Gasteiger charge is 2.72. The van der Waals surface area contributed by atoms with Crippen molar-refractivity contribution >= 4 is 11.9 Å². The van der Waals surface area contributed by atoms with Crippen LogP contribution in [0.5, 0.6) is 0 Å². The van der Waals surface area contributed by atoms with Gasteiger partial charge in [0.2, 0.25) is 5.91 Å². The van der Waals surface area contributed by atoms with Crippen LogP contribution in [0.2, 0.25) is 0 Å². The van der Waals surface area contributed by atoms with Crippen LogP contribution in [0.1, 0.15) is 138 Å². The standard InChI is InChI=1S/C39H64N2O3/c1-25(2)27-13-20-39(34(43)44)22-21-37(6)28(33(27)39)11-12-30-36(5)18-15-31(35(3,4)29(36)14-19-38(30,37)7)41-32(42)10-8-9-26-16-23-40-24-17-26/h26-31,33,40H,1,8-24H2,2-7H3,(H,41,42)(H,43,44)/t27-,28+,29-,30+,31-,33+,36-,37+,38+,39-/m0/s1. The highest BCUT2D eigenvalue weighted by atomic mass is 16.4. The van der Waals surface area contributed by atoms with Crippen LogP contribution < -0.4 is 10.6 Å². The maximum Gasteiger partial charge on any atom is 0.309 e. The Morgan fingerprint density at radius 2 is 1.57 bits per heavy atom. The van der Waals surface area contributed by atoms with Crippen LogP contribution in [0, 0.1) is 62.6 Å². The molecular formula is C39H64N2O3. The Hall–Kier alpha value is -1.36. The van der Waals surface area contributed by atoms with Crippen LogP contribution in [-0.2, 0) is 9.59 Å². The summed E-state index contributed by atoms with van der Waals surface area (Å²) in [5.41, 5.74) is 1.36. The number of carbonyl (C=O) groups is 2. The van der Waals surface area contributed by atoms with Gasteiger partial charge >= 0.3 is 5.97 Å². The van der Waals surface area contributed by atoms with E-state index in [1.165, 1.54) is 56.9 Å². The van der Waals surface area contributed by atoms with Gasteiger partial charge in [0, 0.05) is 12.5 Å². The fraction of sp³-hybridized carbons (Fsp3) is 0.897. The van der Waals surface area contributed by atoms with Crippen molar-refractivity contribution in [2.45, 2.75) is 144 Å². The Morgan fingerprint density at radius 1 is 0.841 bits per heavy atom. The van der Waals surface area contributed by atoms with E-state index >= 15 is 0 Å². The molecule has 0 aromatic heterocycles. The number of aliphatic carboxylic acids is 1. The highest BCUT2D eigenvalue weighted by Crippen LogP contribution is 2.77. The molecule has 0 unspecified atom stereocenters. The van der Waals surface area contributed by atoms with Gasteiger partial charge in [0.25, 0.3) is 0 Å². The zero-order valence-corrected chi connectivity index (χ0v) is 29.0. The lowest BCUT2D eigenvalue weighted by Crippen LogP contribution is -2.68. The SMILES string of the molecule is C=C(C)[C@@H]1CC[C@]2(C(=O)O)CC[C@]3(C)[C@H](CC[C@@H]4[C@@]5(C)CC[C@H](NC(=O)CCCC6CCNCC6)C(C)(C)[C@@H]5CC[C@]43C)[C@@H]12. The van der Waals surface area contributed by atoms with E-state index in [1.807, 2.05) is 0 Å². The predicted molar refractivity (Wildman–Crippen MR) is 178 cm³/mol. The molecule has 0 aromatic carbocycles. The Bertz CT molecular complexity index is 1140. The Balaban J connectivity index is 1.18. The molecule has 3 N–H and O–H groups in total. The van der Waals surface area contributed by atoms with Crippen LogP contribution in [0.25, 0.3) is 0 Å². The van der Waals surface area contributed by atoms with Gasteiger partial charge in [-0.25, -0.2) is 0 Å². The molecule has 6 aliphatic rings. The van der Waals surface area contributed by atoms with Gasteiger partial charge in [0.05, 0.1) is 5.41 Å². The first kappa shape index (κ1) is 32.6. The predicted octanol–water partition coefficient (Wildman–Crippen LogP) is 8.38. The minimum atomic E-state index is -0.552. The molecule has 5 heteroatoms. The van der Waals surface area contributed by atoms with Crippen LogP contribution in [0.15, 0.2) is 12.2 Å². The lowest BCUT2D eigenvalue weighted by Gasteiger charge is -2.73. The summed E-state index contributed by atoms with van der Waals surface area (Å²) in [5.74, 6) is 2.81. The van der Waals surface area contributed by atoms with Gasteiger partial charge in [-0.3, -0.25) is 9.59 Å². The number of allylic oxidation sites excluding steroid dienone is 1. The Morgan fingerprint density at radius 3 is 2.25 bits per heavy atom. The van der Waals surface area contributed by atoms with E-state index in [-0.39, 0.29) is 39.5 Å². The van der Waals surface area contributed by atoms with Crippen molar-refractivity contribution in [1.82, 2.24) is 10.6 Å². The summed E-state index contributed by atoms with van der Waals surface area (Å²) in [6.07, 6.45) is 16.2. The average Bonchev–Trinajstić information content (AvgIpc) is 3.37. The number of piperidine rings is 1. The molecule has 44 heavy (non-hydrogen) atoms. The number of rotatable bonds is 7. The van der Waals surface area contributed by atoms with Crippen molar-refractivity contribution in [3.63, 3.8) is 0 Å². The van der Waals surface area contributed by atoms with Gasteiger partial charge in [-0.2, -0.15) is 0 Å². The summed E-state index contributed by atoms with van der Waals surface area (Å²) in [7, 11) is 0. The topological polar surface area (TPSA) is 78.4 Å². The van der Waals surface area contributed by atoms with E-state index in [9.17, 15) is 14.7 Å². The van der Waals surface area contributed by atoms with Crippen molar-refractivity contribution in [1.29, 1.82) is 0 Å². The van der Waals surface area contributed by atoms with Crippen LogP contribution in [0.3, 0.4) is 0 Å². The summed E-state index contributed by atoms with van der Waals surface area (Å²) in [6, 6.07) is 0.254. The highest BCUT2D eigenvalue weighted by molar-refractivity contribution is 5.76. The largest absolute Gasteiger partial charge is 0.481 e. The van der Waals surface area contributed by atoms with Crippen molar-refractivity contribution in [3.05, 3.63) is 12.2 Å². The summed E-state index contributed by atoms with van der Waals surface area (Å²) in [5, 5.41) is 17.7. The molecule has 6 fully saturated rings. The number of carboxylic acids is 1.